The van der Waals surface area contributed by atoms with Crippen LogP contribution in [0.4, 0.5) is 10.7 Å². The summed E-state index contributed by atoms with van der Waals surface area (Å²) < 4.78 is 5.19. The molecule has 0 bridgehead atoms. The molecule has 2 amide bonds. The average Bonchev–Trinajstić information content (AvgIpc) is 3.42. The number of carbonyl (C=O) groups is 2. The van der Waals surface area contributed by atoms with Crippen LogP contribution in [-0.2, 0) is 16.7 Å². The molecule has 3 rings (SSSR count). The molecule has 1 aromatic carbocycles. The summed E-state index contributed by atoms with van der Waals surface area (Å²) in [7, 11) is 0. The van der Waals surface area contributed by atoms with Crippen molar-refractivity contribution in [1.82, 2.24) is 25.6 Å². The minimum atomic E-state index is -0.557. The van der Waals surface area contributed by atoms with Crippen LogP contribution in [0.1, 0.15) is 67.3 Å². The van der Waals surface area contributed by atoms with Crippen LogP contribution in [0.25, 0.3) is 11.3 Å². The van der Waals surface area contributed by atoms with Crippen LogP contribution >= 0.6 is 11.3 Å². The average molecular weight is 593 g/mol. The van der Waals surface area contributed by atoms with E-state index in [1.807, 2.05) is 31.2 Å². The van der Waals surface area contributed by atoms with Crippen molar-refractivity contribution in [2.45, 2.75) is 66.0 Å². The van der Waals surface area contributed by atoms with E-state index in [-0.39, 0.29) is 11.3 Å². The van der Waals surface area contributed by atoms with Crippen molar-refractivity contribution in [3.05, 3.63) is 69.6 Å². The molecule has 0 aliphatic rings. The summed E-state index contributed by atoms with van der Waals surface area (Å²) in [5.74, 6) is 0.223. The van der Waals surface area contributed by atoms with Crippen LogP contribution < -0.4 is 21.7 Å². The fourth-order valence-corrected chi connectivity index (χ4v) is 4.46. The monoisotopic (exact) mass is 592 g/mol. The van der Waals surface area contributed by atoms with Crippen molar-refractivity contribution in [1.29, 1.82) is 0 Å². The number of thiazole rings is 1. The van der Waals surface area contributed by atoms with Gasteiger partial charge in [0.2, 0.25) is 5.95 Å². The Balaban J connectivity index is 1.56. The molecule has 0 atom stereocenters. The second-order valence-electron chi connectivity index (χ2n) is 11.6. The number of benzene rings is 1. The van der Waals surface area contributed by atoms with Crippen LogP contribution in [0.5, 0.6) is 0 Å². The molecule has 12 heteroatoms. The van der Waals surface area contributed by atoms with E-state index in [9.17, 15) is 9.59 Å². The van der Waals surface area contributed by atoms with Gasteiger partial charge < -0.3 is 26.4 Å². The summed E-state index contributed by atoms with van der Waals surface area (Å²) in [4.78, 5) is 42.6. The van der Waals surface area contributed by atoms with Crippen molar-refractivity contribution in [3.8, 4) is 11.3 Å². The molecule has 0 unspecified atom stereocenters. The molecule has 224 valence electrons. The second kappa shape index (κ2) is 14.0. The highest BCUT2D eigenvalue weighted by Crippen LogP contribution is 2.27. The number of aromatic nitrogens is 3. The number of ether oxygens (including phenoxy) is 1. The highest BCUT2D eigenvalue weighted by Gasteiger charge is 2.20. The Bertz CT molecular complexity index is 1450. The van der Waals surface area contributed by atoms with Crippen LogP contribution in [-0.4, -0.2) is 51.9 Å². The van der Waals surface area contributed by atoms with Gasteiger partial charge in [-0.2, -0.15) is 0 Å². The maximum absolute atomic E-state index is 12.7. The van der Waals surface area contributed by atoms with Crippen molar-refractivity contribution in [2.75, 3.05) is 18.4 Å². The number of amides is 2. The van der Waals surface area contributed by atoms with E-state index >= 15 is 0 Å². The summed E-state index contributed by atoms with van der Waals surface area (Å²) in [5, 5.41) is 9.63. The Morgan fingerprint density at radius 3 is 2.50 bits per heavy atom. The van der Waals surface area contributed by atoms with Crippen molar-refractivity contribution < 1.29 is 14.3 Å². The van der Waals surface area contributed by atoms with Crippen molar-refractivity contribution in [3.63, 3.8) is 0 Å². The van der Waals surface area contributed by atoms with Gasteiger partial charge in [0.15, 0.2) is 0 Å². The Morgan fingerprint density at radius 2 is 1.86 bits per heavy atom. The molecule has 5 N–H and O–H groups in total. The Kier molecular flexibility index (Phi) is 10.8. The van der Waals surface area contributed by atoms with E-state index in [4.69, 9.17) is 10.5 Å². The largest absolute Gasteiger partial charge is 0.444 e. The molecule has 2 aromatic heterocycles. The molecule has 2 heterocycles. The number of rotatable bonds is 10. The highest BCUT2D eigenvalue weighted by molar-refractivity contribution is 7.13. The Labute approximate surface area is 251 Å². The smallest absolute Gasteiger partial charge is 0.407 e. The van der Waals surface area contributed by atoms with E-state index in [1.165, 1.54) is 17.5 Å². The van der Waals surface area contributed by atoms with E-state index in [0.29, 0.717) is 36.2 Å². The van der Waals surface area contributed by atoms with Crippen molar-refractivity contribution in [2.24, 2.45) is 10.7 Å². The van der Waals surface area contributed by atoms with E-state index < -0.39 is 11.7 Å². The number of carbonyl (C=O) groups excluding carboxylic acids is 2. The lowest BCUT2D eigenvalue weighted by Crippen LogP contribution is -2.33. The number of hydrogen-bond donors (Lipinski definition) is 4. The molecule has 0 spiro atoms. The number of anilines is 1. The summed E-state index contributed by atoms with van der Waals surface area (Å²) >= 11 is 1.42. The topological polar surface area (TPSA) is 157 Å². The van der Waals surface area contributed by atoms with Gasteiger partial charge in [0.1, 0.15) is 10.5 Å². The Morgan fingerprint density at radius 1 is 1.10 bits per heavy atom. The van der Waals surface area contributed by atoms with Gasteiger partial charge in [0.05, 0.1) is 29.1 Å². The van der Waals surface area contributed by atoms with Gasteiger partial charge in [-0.1, -0.05) is 32.9 Å². The number of allylic oxidation sites excluding steroid dienone is 1. The van der Waals surface area contributed by atoms with Crippen LogP contribution in [0.15, 0.2) is 53.5 Å². The lowest BCUT2D eigenvalue weighted by atomic mass is 9.98. The zero-order valence-corrected chi connectivity index (χ0v) is 26.1. The fourth-order valence-electron chi connectivity index (χ4n) is 3.57. The first-order chi connectivity index (χ1) is 19.7. The number of nitrogens with one attached hydrogen (secondary N) is 3. The number of nitrogens with two attached hydrogens (primary N) is 1. The van der Waals surface area contributed by atoms with Gasteiger partial charge in [-0.3, -0.25) is 9.79 Å². The zero-order valence-electron chi connectivity index (χ0n) is 25.2. The third kappa shape index (κ3) is 9.95. The summed E-state index contributed by atoms with van der Waals surface area (Å²) in [5.41, 5.74) is 9.26. The van der Waals surface area contributed by atoms with E-state index in [0.717, 1.165) is 27.4 Å². The molecular formula is C30H40N8O3S. The summed E-state index contributed by atoms with van der Waals surface area (Å²) in [6.45, 7) is 14.7. The minimum Gasteiger partial charge on any atom is -0.444 e. The van der Waals surface area contributed by atoms with Gasteiger partial charge in [-0.05, 0) is 51.0 Å². The van der Waals surface area contributed by atoms with Crippen molar-refractivity contribution >= 4 is 35.5 Å². The molecule has 0 radical (unpaired) electrons. The van der Waals surface area contributed by atoms with Gasteiger partial charge in [-0.15, -0.1) is 11.3 Å². The molecule has 0 aliphatic carbocycles. The van der Waals surface area contributed by atoms with Crippen LogP contribution in [0.2, 0.25) is 0 Å². The van der Waals surface area contributed by atoms with Crippen LogP contribution in [0, 0.1) is 6.92 Å². The summed E-state index contributed by atoms with van der Waals surface area (Å²) in [6, 6.07) is 7.79. The van der Waals surface area contributed by atoms with Crippen LogP contribution in [0.3, 0.4) is 0 Å². The second-order valence-corrected chi connectivity index (χ2v) is 12.6. The van der Waals surface area contributed by atoms with Gasteiger partial charge in [-0.25, -0.2) is 19.7 Å². The molecule has 0 saturated carbocycles. The maximum Gasteiger partial charge on any atom is 0.407 e. The molecule has 3 aromatic rings. The lowest BCUT2D eigenvalue weighted by Gasteiger charge is -2.19. The van der Waals surface area contributed by atoms with E-state index in [1.54, 1.807) is 39.4 Å². The number of alkyl carbamates (subject to hydrolysis) is 1. The minimum absolute atomic E-state index is 0.0933. The molecule has 0 saturated heterocycles. The first-order valence-corrected chi connectivity index (χ1v) is 14.4. The molecule has 0 aliphatic heterocycles. The van der Waals surface area contributed by atoms with E-state index in [2.05, 4.69) is 56.7 Å². The first-order valence-electron chi connectivity index (χ1n) is 13.6. The molecule has 11 nitrogen and oxygen atoms in total. The number of aliphatic imine (C=N–C) groups is 1. The third-order valence-corrected chi connectivity index (χ3v) is 7.10. The highest BCUT2D eigenvalue weighted by atomic mass is 32.1. The first kappa shape index (κ1) is 32.2. The maximum atomic E-state index is 12.7. The third-order valence-electron chi connectivity index (χ3n) is 5.68. The summed E-state index contributed by atoms with van der Waals surface area (Å²) in [6.07, 6.45) is 5.72. The fraction of sp³-hybridized carbons (Fsp3) is 0.400. The predicted molar refractivity (Wildman–Crippen MR) is 168 cm³/mol. The standard InChI is InChI=1S/C30H40N8O3S/c1-19-14-20(8-9-21(19)16-35-25(39)24-18-36-26(42-24)29(2,3)4)23-10-11-33-27(38-23)37-22(15-31)17-32-12-13-34-28(40)41-30(5,6)7/h8-11,14-15,17-18H,12-13,16,31H2,1-7H3,(H,34,40)(H,35,39)(H,33,37,38). The SMILES string of the molecule is Cc1cc(-c2ccnc(NC(C=NCCNC(=O)OC(C)(C)C)=CN)n2)ccc1CNC(=O)c1cnc(C(C)(C)C)s1. The predicted octanol–water partition coefficient (Wildman–Crippen LogP) is 4.94. The Hall–Kier alpha value is -4.32. The van der Waals surface area contributed by atoms with Gasteiger partial charge in [0.25, 0.3) is 5.91 Å². The quantitative estimate of drug-likeness (QED) is 0.190. The molecule has 42 heavy (non-hydrogen) atoms. The number of nitrogens with zero attached hydrogens (tertiary/aromatic N) is 4. The lowest BCUT2D eigenvalue weighted by molar-refractivity contribution is 0.0529. The molecular weight excluding hydrogens is 552 g/mol. The number of aryl methyl sites for hydroxylation is 1. The number of hydrogen-bond acceptors (Lipinski definition) is 10. The zero-order chi connectivity index (χ0) is 30.9. The van der Waals surface area contributed by atoms with Gasteiger partial charge in [0, 0.05) is 42.7 Å². The normalized spacial score (nSPS) is 12.3. The molecule has 0 fully saturated rings. The van der Waals surface area contributed by atoms with Gasteiger partial charge >= 0.3 is 6.09 Å².